The molecule has 1 rings (SSSR count). The summed E-state index contributed by atoms with van der Waals surface area (Å²) in [7, 11) is -2.02. The van der Waals surface area contributed by atoms with Crippen LogP contribution in [0.3, 0.4) is 0 Å². The summed E-state index contributed by atoms with van der Waals surface area (Å²) in [6, 6.07) is 6.48. The third kappa shape index (κ3) is 6.69. The summed E-state index contributed by atoms with van der Waals surface area (Å²) >= 11 is 0. The van der Waals surface area contributed by atoms with Gasteiger partial charge in [0.05, 0.1) is 11.1 Å². The van der Waals surface area contributed by atoms with Crippen molar-refractivity contribution in [1.29, 1.82) is 0 Å². The van der Waals surface area contributed by atoms with Gasteiger partial charge in [0.1, 0.15) is 0 Å². The van der Waals surface area contributed by atoms with Crippen LogP contribution >= 0.6 is 0 Å². The molecule has 118 valence electrons. The predicted molar refractivity (Wildman–Crippen MR) is 93.2 cm³/mol. The van der Waals surface area contributed by atoms with Gasteiger partial charge >= 0.3 is 11.9 Å². The Bertz CT molecular complexity index is 549. The first-order chi connectivity index (χ1) is 10.4. The first kappa shape index (κ1) is 18.1. The second-order valence-electron chi connectivity index (χ2n) is 5.34. The average molecular weight is 335 g/mol. The molecule has 0 spiro atoms. The Morgan fingerprint density at radius 2 is 1.27 bits per heavy atom. The predicted octanol–water partition coefficient (Wildman–Crippen LogP) is 2.02. The van der Waals surface area contributed by atoms with Crippen molar-refractivity contribution in [1.82, 2.24) is 0 Å². The van der Waals surface area contributed by atoms with Crippen LogP contribution in [-0.4, -0.2) is 31.5 Å². The number of carbonyl (C=O) groups is 2. The van der Waals surface area contributed by atoms with E-state index < -0.39 is 19.5 Å². The van der Waals surface area contributed by atoms with Crippen LogP contribution in [0.1, 0.15) is 48.4 Å². The first-order valence-corrected chi connectivity index (χ1v) is 9.90. The molecule has 0 aliphatic heterocycles. The largest absolute Gasteiger partial charge is 0.518 e. The monoisotopic (exact) mass is 334 g/mol. The zero-order valence-electron chi connectivity index (χ0n) is 13.5. The molecule has 0 bridgehead atoms. The highest BCUT2D eigenvalue weighted by atomic mass is 28.2. The van der Waals surface area contributed by atoms with E-state index in [0.717, 1.165) is 11.1 Å². The summed E-state index contributed by atoms with van der Waals surface area (Å²) in [5, 5.41) is 0. The number of hydrogen-bond donors (Lipinski definition) is 0. The summed E-state index contributed by atoms with van der Waals surface area (Å²) < 4.78 is 10.5. The molecular weight excluding hydrogens is 312 g/mol. The van der Waals surface area contributed by atoms with Gasteiger partial charge in [0, 0.05) is 0 Å². The quantitative estimate of drug-likeness (QED) is 0.747. The van der Waals surface area contributed by atoms with Crippen LogP contribution in [0.2, 0.25) is 0 Å². The zero-order chi connectivity index (χ0) is 16.5. The summed E-state index contributed by atoms with van der Waals surface area (Å²) in [6.07, 6.45) is 0. The molecule has 6 heteroatoms. The Kier molecular flexibility index (Phi) is 7.55. The summed E-state index contributed by atoms with van der Waals surface area (Å²) in [4.78, 5) is 23.9. The van der Waals surface area contributed by atoms with Gasteiger partial charge in [-0.2, -0.15) is 0 Å². The van der Waals surface area contributed by atoms with E-state index in [1.165, 1.54) is 6.07 Å². The fraction of sp³-hybridized carbons (Fsp3) is 0.250. The minimum absolute atomic E-state index is 0.382. The van der Waals surface area contributed by atoms with Crippen molar-refractivity contribution in [2.45, 2.75) is 27.7 Å². The molecule has 0 aromatic heterocycles. The Hall–Kier alpha value is -1.93. The highest BCUT2D eigenvalue weighted by Gasteiger charge is 2.11. The van der Waals surface area contributed by atoms with Crippen LogP contribution < -0.4 is 0 Å². The van der Waals surface area contributed by atoms with Gasteiger partial charge in [0.15, 0.2) is 0 Å². The van der Waals surface area contributed by atoms with Gasteiger partial charge in [-0.05, 0) is 45.9 Å². The van der Waals surface area contributed by atoms with E-state index >= 15 is 0 Å². The first-order valence-electron chi connectivity index (χ1n) is 7.11. The fourth-order valence-electron chi connectivity index (χ4n) is 1.51. The van der Waals surface area contributed by atoms with Gasteiger partial charge in [-0.15, -0.1) is 0 Å². The zero-order valence-corrected chi connectivity index (χ0v) is 16.3. The minimum atomic E-state index is -1.01. The van der Waals surface area contributed by atoms with Gasteiger partial charge in [0.25, 0.3) is 0 Å². The lowest BCUT2D eigenvalue weighted by molar-refractivity contribution is 0.0743. The van der Waals surface area contributed by atoms with Gasteiger partial charge < -0.3 is 8.85 Å². The summed E-state index contributed by atoms with van der Waals surface area (Å²) in [5.41, 5.74) is 6.96. The van der Waals surface area contributed by atoms with E-state index in [1.54, 1.807) is 18.2 Å². The van der Waals surface area contributed by atoms with Gasteiger partial charge in [-0.3, -0.25) is 0 Å². The molecule has 4 nitrogen and oxygen atoms in total. The minimum Gasteiger partial charge on any atom is -0.518 e. The van der Waals surface area contributed by atoms with Crippen molar-refractivity contribution < 1.29 is 18.4 Å². The van der Waals surface area contributed by atoms with Crippen LogP contribution in [0, 0.1) is 0 Å². The fourth-order valence-corrected chi connectivity index (χ4v) is 2.98. The van der Waals surface area contributed by atoms with E-state index in [0.29, 0.717) is 11.1 Å². The van der Waals surface area contributed by atoms with E-state index in [9.17, 15) is 9.59 Å². The van der Waals surface area contributed by atoms with Crippen LogP contribution in [0.5, 0.6) is 0 Å². The lowest BCUT2D eigenvalue weighted by Gasteiger charge is -2.06. The number of benzene rings is 1. The molecule has 0 aliphatic rings. The molecule has 0 fully saturated rings. The maximum atomic E-state index is 11.9. The van der Waals surface area contributed by atoms with Crippen molar-refractivity contribution in [2.75, 3.05) is 0 Å². The molecule has 0 amide bonds. The second kappa shape index (κ2) is 9.16. The van der Waals surface area contributed by atoms with Crippen molar-refractivity contribution in [3.8, 4) is 0 Å². The van der Waals surface area contributed by atoms with Gasteiger partial charge in [0.2, 0.25) is 19.5 Å². The molecule has 0 saturated heterocycles. The maximum absolute atomic E-state index is 11.9. The Morgan fingerprint density at radius 1 is 0.864 bits per heavy atom. The molecule has 0 aliphatic carbocycles. The number of allylic oxidation sites excluding steroid dienone is 2. The lowest BCUT2D eigenvalue weighted by Crippen LogP contribution is -2.11. The van der Waals surface area contributed by atoms with E-state index in [-0.39, 0.29) is 11.9 Å². The standard InChI is InChI=1S/C16H22O4Si2/c1-11(2)9-21-19-15(17)13-6-5-7-14(8-13)16(18)20-22-10-12(3)4/h5-10H,21-22H2,1-4H3. The third-order valence-corrected chi connectivity index (χ3v) is 5.57. The normalized spacial score (nSPS) is 10.7. The van der Waals surface area contributed by atoms with Crippen LogP contribution in [-0.2, 0) is 8.85 Å². The molecule has 0 atom stereocenters. The Balaban J connectivity index is 2.68. The van der Waals surface area contributed by atoms with E-state index in [4.69, 9.17) is 8.85 Å². The third-order valence-electron chi connectivity index (χ3n) is 2.75. The van der Waals surface area contributed by atoms with Crippen molar-refractivity contribution >= 4 is 31.5 Å². The van der Waals surface area contributed by atoms with Crippen molar-refractivity contribution in [2.24, 2.45) is 0 Å². The molecule has 1 aromatic rings. The van der Waals surface area contributed by atoms with Gasteiger partial charge in [-0.1, -0.05) is 28.6 Å². The van der Waals surface area contributed by atoms with Crippen LogP contribution in [0.15, 0.2) is 46.8 Å². The Morgan fingerprint density at radius 3 is 1.64 bits per heavy atom. The molecule has 1 aromatic carbocycles. The highest BCUT2D eigenvalue weighted by Crippen LogP contribution is 2.08. The number of rotatable bonds is 6. The molecule has 22 heavy (non-hydrogen) atoms. The topological polar surface area (TPSA) is 52.6 Å². The smallest absolute Gasteiger partial charge is 0.324 e. The summed E-state index contributed by atoms with van der Waals surface area (Å²) in [6.45, 7) is 7.86. The van der Waals surface area contributed by atoms with Crippen LogP contribution in [0.25, 0.3) is 0 Å². The average Bonchev–Trinajstić information content (AvgIpc) is 2.46. The van der Waals surface area contributed by atoms with Gasteiger partial charge in [-0.25, -0.2) is 9.59 Å². The SMILES string of the molecule is CC(C)=C[SiH2]OC(=O)c1cccc(C(=O)O[SiH2]C=C(C)C)c1. The molecule has 0 saturated carbocycles. The van der Waals surface area contributed by atoms with Crippen LogP contribution in [0.4, 0.5) is 0 Å². The van der Waals surface area contributed by atoms with E-state index in [1.807, 2.05) is 39.1 Å². The Labute approximate surface area is 136 Å². The summed E-state index contributed by atoms with van der Waals surface area (Å²) in [5.74, 6) is -0.777. The molecule has 0 heterocycles. The second-order valence-corrected chi connectivity index (χ2v) is 7.40. The molecular formula is C16H22O4Si2. The molecule has 0 radical (unpaired) electrons. The number of carbonyl (C=O) groups excluding carboxylic acids is 2. The molecule has 0 N–H and O–H groups in total. The van der Waals surface area contributed by atoms with Crippen molar-refractivity contribution in [3.05, 3.63) is 57.9 Å². The maximum Gasteiger partial charge on any atom is 0.324 e. The highest BCUT2D eigenvalue weighted by molar-refractivity contribution is 6.38. The van der Waals surface area contributed by atoms with Crippen molar-refractivity contribution in [3.63, 3.8) is 0 Å². The van der Waals surface area contributed by atoms with E-state index in [2.05, 4.69) is 0 Å². The lowest BCUT2D eigenvalue weighted by atomic mass is 10.1. The number of hydrogen-bond acceptors (Lipinski definition) is 4. The molecule has 0 unspecified atom stereocenters.